The van der Waals surface area contributed by atoms with E-state index in [-0.39, 0.29) is 24.0 Å². The lowest BCUT2D eigenvalue weighted by Gasteiger charge is -2.39. The Bertz CT molecular complexity index is 553. The second-order valence-corrected chi connectivity index (χ2v) is 8.06. The number of hydrogen-bond acceptors (Lipinski definition) is 3. The molecule has 0 radical (unpaired) electrons. The molecule has 7 heteroatoms. The summed E-state index contributed by atoms with van der Waals surface area (Å²) in [5, 5.41) is 3.52. The molecule has 1 aromatic heterocycles. The Hall–Kier alpha value is -0.830. The predicted molar refractivity (Wildman–Crippen MR) is 123 cm³/mol. The van der Waals surface area contributed by atoms with Crippen molar-refractivity contribution in [3.63, 3.8) is 0 Å². The minimum absolute atomic E-state index is 0. The molecule has 0 amide bonds. The molecule has 0 saturated carbocycles. The zero-order chi connectivity index (χ0) is 18.4. The smallest absolute Gasteiger partial charge is 0.193 e. The third-order valence-electron chi connectivity index (χ3n) is 6.10. The first kappa shape index (κ1) is 22.5. The van der Waals surface area contributed by atoms with Gasteiger partial charge in [0.15, 0.2) is 5.96 Å². The van der Waals surface area contributed by atoms with Gasteiger partial charge in [0.1, 0.15) is 0 Å². The molecule has 2 saturated heterocycles. The fourth-order valence-corrected chi connectivity index (χ4v) is 4.22. The number of aromatic nitrogens is 2. The van der Waals surface area contributed by atoms with Crippen molar-refractivity contribution < 1.29 is 0 Å². The number of piperidine rings is 2. The standard InChI is InChI=1S/C20H36N6.HI/c1-4-22-20(23-9-5-18-7-11-24(3)12-8-18)25-13-6-17(2)19(15-25)26-14-10-21-16-26;/h10,14,16-19H,4-9,11-13,15H2,1-3H3,(H,22,23);1H. The van der Waals surface area contributed by atoms with E-state index in [0.29, 0.717) is 12.0 Å². The van der Waals surface area contributed by atoms with Crippen LogP contribution in [-0.4, -0.2) is 71.6 Å². The van der Waals surface area contributed by atoms with Crippen molar-refractivity contribution >= 4 is 29.9 Å². The van der Waals surface area contributed by atoms with Crippen LogP contribution < -0.4 is 5.32 Å². The van der Waals surface area contributed by atoms with Gasteiger partial charge in [0, 0.05) is 38.6 Å². The quantitative estimate of drug-likeness (QED) is 0.393. The number of rotatable bonds is 5. The van der Waals surface area contributed by atoms with Crippen LogP contribution in [0.5, 0.6) is 0 Å². The third-order valence-corrected chi connectivity index (χ3v) is 6.10. The molecule has 154 valence electrons. The van der Waals surface area contributed by atoms with Crippen LogP contribution in [0.25, 0.3) is 0 Å². The Labute approximate surface area is 181 Å². The second-order valence-electron chi connectivity index (χ2n) is 8.06. The molecule has 2 atom stereocenters. The summed E-state index contributed by atoms with van der Waals surface area (Å²) in [6, 6.07) is 0.476. The molecule has 6 nitrogen and oxygen atoms in total. The number of imidazole rings is 1. The molecule has 27 heavy (non-hydrogen) atoms. The van der Waals surface area contributed by atoms with Gasteiger partial charge in [-0.2, -0.15) is 0 Å². The molecule has 3 rings (SSSR count). The van der Waals surface area contributed by atoms with Crippen LogP contribution in [-0.2, 0) is 0 Å². The number of nitrogens with one attached hydrogen (secondary N) is 1. The molecule has 1 N–H and O–H groups in total. The fourth-order valence-electron chi connectivity index (χ4n) is 4.22. The van der Waals surface area contributed by atoms with Crippen LogP contribution in [0.1, 0.15) is 45.6 Å². The highest BCUT2D eigenvalue weighted by Crippen LogP contribution is 2.27. The first-order valence-electron chi connectivity index (χ1n) is 10.4. The van der Waals surface area contributed by atoms with Crippen molar-refractivity contribution in [2.24, 2.45) is 16.8 Å². The molecular weight excluding hydrogens is 451 g/mol. The van der Waals surface area contributed by atoms with E-state index in [0.717, 1.165) is 38.1 Å². The van der Waals surface area contributed by atoms with Gasteiger partial charge in [0.25, 0.3) is 0 Å². The van der Waals surface area contributed by atoms with Gasteiger partial charge in [-0.05, 0) is 64.6 Å². The van der Waals surface area contributed by atoms with Gasteiger partial charge in [-0.1, -0.05) is 6.92 Å². The van der Waals surface area contributed by atoms with Crippen molar-refractivity contribution in [3.8, 4) is 0 Å². The lowest BCUT2D eigenvalue weighted by atomic mass is 9.93. The van der Waals surface area contributed by atoms with Crippen LogP contribution in [0.4, 0.5) is 0 Å². The van der Waals surface area contributed by atoms with Gasteiger partial charge >= 0.3 is 0 Å². The summed E-state index contributed by atoms with van der Waals surface area (Å²) in [6.45, 7) is 11.0. The first-order chi connectivity index (χ1) is 12.7. The van der Waals surface area contributed by atoms with Gasteiger partial charge in [-0.3, -0.25) is 4.99 Å². The molecule has 3 heterocycles. The van der Waals surface area contributed by atoms with Crippen molar-refractivity contribution in [2.75, 3.05) is 46.3 Å². The van der Waals surface area contributed by atoms with Crippen molar-refractivity contribution in [2.45, 2.75) is 45.6 Å². The average molecular weight is 488 g/mol. The summed E-state index contributed by atoms with van der Waals surface area (Å²) < 4.78 is 2.26. The van der Waals surface area contributed by atoms with Crippen LogP contribution in [0.3, 0.4) is 0 Å². The maximum absolute atomic E-state index is 4.98. The highest BCUT2D eigenvalue weighted by atomic mass is 127. The number of nitrogens with zero attached hydrogens (tertiary/aromatic N) is 5. The summed E-state index contributed by atoms with van der Waals surface area (Å²) in [6.07, 6.45) is 11.0. The topological polar surface area (TPSA) is 48.7 Å². The zero-order valence-electron chi connectivity index (χ0n) is 17.2. The third kappa shape index (κ3) is 6.34. The van der Waals surface area contributed by atoms with Crippen LogP contribution in [0.15, 0.2) is 23.7 Å². The van der Waals surface area contributed by atoms with Gasteiger partial charge in [0.2, 0.25) is 0 Å². The van der Waals surface area contributed by atoms with Crippen LogP contribution in [0.2, 0.25) is 0 Å². The Morgan fingerprint density at radius 1 is 1.22 bits per heavy atom. The average Bonchev–Trinajstić information content (AvgIpc) is 3.17. The van der Waals surface area contributed by atoms with Gasteiger partial charge < -0.3 is 19.7 Å². The molecule has 2 aliphatic heterocycles. The van der Waals surface area contributed by atoms with Gasteiger partial charge in [-0.15, -0.1) is 24.0 Å². The number of guanidine groups is 1. The number of hydrogen-bond donors (Lipinski definition) is 1. The molecule has 0 bridgehead atoms. The minimum atomic E-state index is 0. The van der Waals surface area contributed by atoms with E-state index in [2.05, 4.69) is 51.8 Å². The highest BCUT2D eigenvalue weighted by molar-refractivity contribution is 14.0. The molecular formula is C20H37IN6. The molecule has 2 unspecified atom stereocenters. The number of halogens is 1. The first-order valence-corrected chi connectivity index (χ1v) is 10.4. The van der Waals surface area contributed by atoms with Crippen molar-refractivity contribution in [3.05, 3.63) is 18.7 Å². The summed E-state index contributed by atoms with van der Waals surface area (Å²) in [4.78, 5) is 14.1. The molecule has 2 aliphatic rings. The van der Waals surface area contributed by atoms with Crippen molar-refractivity contribution in [1.29, 1.82) is 0 Å². The fraction of sp³-hybridized carbons (Fsp3) is 0.800. The maximum Gasteiger partial charge on any atom is 0.193 e. The Morgan fingerprint density at radius 3 is 2.67 bits per heavy atom. The van der Waals surface area contributed by atoms with E-state index in [1.54, 1.807) is 0 Å². The second kappa shape index (κ2) is 11.2. The summed E-state index contributed by atoms with van der Waals surface area (Å²) in [5.74, 6) is 2.61. The monoisotopic (exact) mass is 488 g/mol. The van der Waals surface area contributed by atoms with Crippen LogP contribution >= 0.6 is 24.0 Å². The van der Waals surface area contributed by atoms with E-state index < -0.39 is 0 Å². The highest BCUT2D eigenvalue weighted by Gasteiger charge is 2.29. The van der Waals surface area contributed by atoms with Gasteiger partial charge in [-0.25, -0.2) is 4.98 Å². The molecule has 1 aromatic rings. The largest absolute Gasteiger partial charge is 0.357 e. The SMILES string of the molecule is CCNC(=NCCC1CCN(C)CC1)N1CCC(C)C(n2ccnc2)C1.I. The maximum atomic E-state index is 4.98. The number of aliphatic imine (C=N–C) groups is 1. The normalized spacial score (nSPS) is 25.3. The summed E-state index contributed by atoms with van der Waals surface area (Å²) >= 11 is 0. The molecule has 0 spiro atoms. The van der Waals surface area contributed by atoms with E-state index in [1.165, 1.54) is 38.8 Å². The lowest BCUT2D eigenvalue weighted by Crippen LogP contribution is -2.49. The van der Waals surface area contributed by atoms with E-state index in [9.17, 15) is 0 Å². The molecule has 0 aliphatic carbocycles. The Balaban J connectivity index is 0.00000261. The zero-order valence-corrected chi connectivity index (χ0v) is 19.5. The summed E-state index contributed by atoms with van der Waals surface area (Å²) in [5.41, 5.74) is 0. The minimum Gasteiger partial charge on any atom is -0.357 e. The lowest BCUT2D eigenvalue weighted by molar-refractivity contribution is 0.188. The van der Waals surface area contributed by atoms with E-state index in [1.807, 2.05) is 12.5 Å². The molecule has 0 aromatic carbocycles. The molecule has 2 fully saturated rings. The van der Waals surface area contributed by atoms with Crippen molar-refractivity contribution in [1.82, 2.24) is 24.7 Å². The van der Waals surface area contributed by atoms with Crippen LogP contribution in [0, 0.1) is 11.8 Å². The van der Waals surface area contributed by atoms with E-state index >= 15 is 0 Å². The predicted octanol–water partition coefficient (Wildman–Crippen LogP) is 3.08. The van der Waals surface area contributed by atoms with Gasteiger partial charge in [0.05, 0.1) is 12.4 Å². The Morgan fingerprint density at radius 2 is 2.00 bits per heavy atom. The Kier molecular flexibility index (Phi) is 9.35. The summed E-state index contributed by atoms with van der Waals surface area (Å²) in [7, 11) is 2.23. The van der Waals surface area contributed by atoms with E-state index in [4.69, 9.17) is 4.99 Å². The number of likely N-dealkylation sites (tertiary alicyclic amines) is 2.